The van der Waals surface area contributed by atoms with Crippen molar-refractivity contribution in [2.45, 2.75) is 0 Å². The molecule has 0 saturated carbocycles. The standard InChI is InChI=1S/C18H13FN4/c19-15-8-4-3-7-14(15)18-13-6-2-1-5-12(13)11-17(22-18)21-16-9-10-20-23-16/h1-11H,(H2,20,21,22,23). The van der Waals surface area contributed by atoms with Crippen LogP contribution < -0.4 is 5.32 Å². The molecule has 2 heterocycles. The van der Waals surface area contributed by atoms with Crippen LogP contribution >= 0.6 is 0 Å². The van der Waals surface area contributed by atoms with Crippen molar-refractivity contribution in [1.82, 2.24) is 15.2 Å². The van der Waals surface area contributed by atoms with Crippen molar-refractivity contribution in [2.24, 2.45) is 0 Å². The van der Waals surface area contributed by atoms with E-state index in [0.29, 0.717) is 22.9 Å². The van der Waals surface area contributed by atoms with Gasteiger partial charge in [-0.25, -0.2) is 9.37 Å². The van der Waals surface area contributed by atoms with Crippen molar-refractivity contribution in [3.8, 4) is 11.3 Å². The lowest BCUT2D eigenvalue weighted by atomic mass is 10.0. The second-order valence-electron chi connectivity index (χ2n) is 5.14. The van der Waals surface area contributed by atoms with E-state index in [-0.39, 0.29) is 5.82 Å². The number of benzene rings is 2. The Hall–Kier alpha value is -3.21. The highest BCUT2D eigenvalue weighted by atomic mass is 19.1. The number of aromatic amines is 1. The summed E-state index contributed by atoms with van der Waals surface area (Å²) in [6.07, 6.45) is 1.72. The number of fused-ring (bicyclic) bond motifs is 1. The Morgan fingerprint density at radius 1 is 0.913 bits per heavy atom. The fourth-order valence-corrected chi connectivity index (χ4v) is 2.58. The molecule has 2 N–H and O–H groups in total. The molecule has 0 saturated heterocycles. The van der Waals surface area contributed by atoms with Gasteiger partial charge < -0.3 is 5.32 Å². The average Bonchev–Trinajstić information content (AvgIpc) is 3.08. The van der Waals surface area contributed by atoms with Crippen LogP contribution in [0.1, 0.15) is 0 Å². The molecule has 0 amide bonds. The lowest BCUT2D eigenvalue weighted by Gasteiger charge is -2.11. The van der Waals surface area contributed by atoms with Gasteiger partial charge in [-0.1, -0.05) is 36.4 Å². The third-order valence-corrected chi connectivity index (χ3v) is 3.63. The summed E-state index contributed by atoms with van der Waals surface area (Å²) in [6.45, 7) is 0. The van der Waals surface area contributed by atoms with Gasteiger partial charge in [0.05, 0.1) is 5.69 Å². The zero-order valence-electron chi connectivity index (χ0n) is 12.1. The number of halogens is 1. The molecule has 0 aliphatic heterocycles. The van der Waals surface area contributed by atoms with Gasteiger partial charge in [-0.15, -0.1) is 0 Å². The largest absolute Gasteiger partial charge is 0.323 e. The maximum atomic E-state index is 14.2. The van der Waals surface area contributed by atoms with Crippen molar-refractivity contribution in [3.63, 3.8) is 0 Å². The van der Waals surface area contributed by atoms with Crippen LogP contribution in [0.15, 0.2) is 66.9 Å². The summed E-state index contributed by atoms with van der Waals surface area (Å²) in [5, 5.41) is 11.8. The van der Waals surface area contributed by atoms with Crippen LogP contribution in [-0.2, 0) is 0 Å². The highest BCUT2D eigenvalue weighted by Gasteiger charge is 2.12. The number of hydrogen-bond donors (Lipinski definition) is 2. The number of pyridine rings is 1. The molecule has 0 bridgehead atoms. The van der Waals surface area contributed by atoms with E-state index in [4.69, 9.17) is 0 Å². The Kier molecular flexibility index (Phi) is 3.24. The van der Waals surface area contributed by atoms with Crippen LogP contribution in [0.5, 0.6) is 0 Å². The van der Waals surface area contributed by atoms with Gasteiger partial charge in [0.1, 0.15) is 11.6 Å². The van der Waals surface area contributed by atoms with E-state index in [1.807, 2.05) is 36.4 Å². The Balaban J connectivity index is 1.92. The minimum atomic E-state index is -0.290. The van der Waals surface area contributed by atoms with Crippen LogP contribution in [0.4, 0.5) is 16.0 Å². The molecule has 2 aromatic heterocycles. The maximum absolute atomic E-state index is 14.2. The van der Waals surface area contributed by atoms with Crippen molar-refractivity contribution < 1.29 is 4.39 Å². The van der Waals surface area contributed by atoms with Gasteiger partial charge >= 0.3 is 0 Å². The van der Waals surface area contributed by atoms with Gasteiger partial charge in [-0.05, 0) is 23.6 Å². The first-order valence-corrected chi connectivity index (χ1v) is 7.23. The Morgan fingerprint density at radius 2 is 1.74 bits per heavy atom. The third-order valence-electron chi connectivity index (χ3n) is 3.63. The summed E-state index contributed by atoms with van der Waals surface area (Å²) >= 11 is 0. The number of rotatable bonds is 3. The fourth-order valence-electron chi connectivity index (χ4n) is 2.58. The van der Waals surface area contributed by atoms with E-state index in [1.165, 1.54) is 6.07 Å². The lowest BCUT2D eigenvalue weighted by Crippen LogP contribution is -1.97. The molecule has 4 nitrogen and oxygen atoms in total. The molecule has 2 aromatic carbocycles. The predicted octanol–water partition coefficient (Wildman–Crippen LogP) is 4.51. The second kappa shape index (κ2) is 5.53. The third kappa shape index (κ3) is 2.53. The number of aromatic nitrogens is 3. The molecule has 0 aliphatic carbocycles. The number of hydrogen-bond acceptors (Lipinski definition) is 3. The topological polar surface area (TPSA) is 53.6 Å². The number of H-pyrrole nitrogens is 1. The molecule has 0 radical (unpaired) electrons. The van der Waals surface area contributed by atoms with Gasteiger partial charge in [-0.2, -0.15) is 5.10 Å². The van der Waals surface area contributed by atoms with Gasteiger partial charge in [-0.3, -0.25) is 5.10 Å². The molecule has 112 valence electrons. The second-order valence-corrected chi connectivity index (χ2v) is 5.14. The Morgan fingerprint density at radius 3 is 2.57 bits per heavy atom. The van der Waals surface area contributed by atoms with E-state index in [1.54, 1.807) is 24.4 Å². The SMILES string of the molecule is Fc1ccccc1-c1nc(Nc2cc[nH]n2)cc2ccccc12. The maximum Gasteiger partial charge on any atom is 0.153 e. The van der Waals surface area contributed by atoms with E-state index in [0.717, 1.165) is 10.8 Å². The minimum Gasteiger partial charge on any atom is -0.323 e. The first-order chi connectivity index (χ1) is 11.3. The summed E-state index contributed by atoms with van der Waals surface area (Å²) in [4.78, 5) is 4.60. The van der Waals surface area contributed by atoms with Crippen LogP contribution in [0.3, 0.4) is 0 Å². The summed E-state index contributed by atoms with van der Waals surface area (Å²) in [5.74, 6) is 0.989. The molecular weight excluding hydrogens is 291 g/mol. The molecule has 5 heteroatoms. The van der Waals surface area contributed by atoms with Crippen LogP contribution in [0.25, 0.3) is 22.0 Å². The van der Waals surface area contributed by atoms with Crippen molar-refractivity contribution >= 4 is 22.4 Å². The average molecular weight is 304 g/mol. The van der Waals surface area contributed by atoms with Crippen molar-refractivity contribution in [1.29, 1.82) is 0 Å². The van der Waals surface area contributed by atoms with Crippen molar-refractivity contribution in [2.75, 3.05) is 5.32 Å². The van der Waals surface area contributed by atoms with E-state index in [9.17, 15) is 4.39 Å². The van der Waals surface area contributed by atoms with Gasteiger partial charge in [0.25, 0.3) is 0 Å². The quantitative estimate of drug-likeness (QED) is 0.585. The Labute approximate surface area is 132 Å². The molecule has 23 heavy (non-hydrogen) atoms. The first kappa shape index (κ1) is 13.5. The zero-order chi connectivity index (χ0) is 15.6. The van der Waals surface area contributed by atoms with Crippen molar-refractivity contribution in [3.05, 3.63) is 72.7 Å². The molecule has 0 fully saturated rings. The minimum absolute atomic E-state index is 0.290. The smallest absolute Gasteiger partial charge is 0.153 e. The predicted molar refractivity (Wildman–Crippen MR) is 89.0 cm³/mol. The number of anilines is 2. The summed E-state index contributed by atoms with van der Waals surface area (Å²) < 4.78 is 14.2. The zero-order valence-corrected chi connectivity index (χ0v) is 12.1. The van der Waals surface area contributed by atoms with E-state index >= 15 is 0 Å². The summed E-state index contributed by atoms with van der Waals surface area (Å²) in [6, 6.07) is 18.2. The Bertz CT molecular complexity index is 964. The van der Waals surface area contributed by atoms with Gasteiger partial charge in [0.15, 0.2) is 5.82 Å². The summed E-state index contributed by atoms with van der Waals surface area (Å²) in [7, 11) is 0. The molecule has 0 spiro atoms. The molecular formula is C18H13FN4. The highest BCUT2D eigenvalue weighted by molar-refractivity contribution is 5.96. The van der Waals surface area contributed by atoms with Gasteiger partial charge in [0, 0.05) is 23.2 Å². The lowest BCUT2D eigenvalue weighted by molar-refractivity contribution is 0.631. The van der Waals surface area contributed by atoms with Gasteiger partial charge in [0.2, 0.25) is 0 Å². The van der Waals surface area contributed by atoms with Crippen LogP contribution in [0.2, 0.25) is 0 Å². The van der Waals surface area contributed by atoms with Crippen LogP contribution in [0, 0.1) is 5.82 Å². The van der Waals surface area contributed by atoms with E-state index in [2.05, 4.69) is 20.5 Å². The normalized spacial score (nSPS) is 10.8. The van der Waals surface area contributed by atoms with Crippen LogP contribution in [-0.4, -0.2) is 15.2 Å². The molecule has 0 atom stereocenters. The molecule has 4 aromatic rings. The monoisotopic (exact) mass is 304 g/mol. The molecule has 4 rings (SSSR count). The molecule has 0 unspecified atom stereocenters. The highest BCUT2D eigenvalue weighted by Crippen LogP contribution is 2.31. The van der Waals surface area contributed by atoms with E-state index < -0.39 is 0 Å². The first-order valence-electron chi connectivity index (χ1n) is 7.23. The fraction of sp³-hybridized carbons (Fsp3) is 0. The summed E-state index contributed by atoms with van der Waals surface area (Å²) in [5.41, 5.74) is 1.09. The number of nitrogens with one attached hydrogen (secondary N) is 2. The molecule has 0 aliphatic rings. The number of nitrogens with zero attached hydrogens (tertiary/aromatic N) is 2.